The molecule has 0 spiro atoms. The Morgan fingerprint density at radius 2 is 2.00 bits per heavy atom. The number of aromatic nitrogens is 3. The predicted octanol–water partition coefficient (Wildman–Crippen LogP) is 5.17. The lowest BCUT2D eigenvalue weighted by atomic mass is 9.85. The molecule has 4 aromatic rings. The molecule has 5 rings (SSSR count). The number of hydrogen-bond donors (Lipinski definition) is 2. The first-order valence-electron chi connectivity index (χ1n) is 12.4. The van der Waals surface area contributed by atoms with Gasteiger partial charge in [0.2, 0.25) is 0 Å². The summed E-state index contributed by atoms with van der Waals surface area (Å²) in [6.45, 7) is 7.20. The first-order valence-corrected chi connectivity index (χ1v) is 12.4. The van der Waals surface area contributed by atoms with Gasteiger partial charge in [-0.25, -0.2) is 4.79 Å². The summed E-state index contributed by atoms with van der Waals surface area (Å²) in [5.41, 5.74) is 2.11. The highest BCUT2D eigenvalue weighted by atomic mass is 16.6. The third kappa shape index (κ3) is 5.08. The minimum Gasteiger partial charge on any atom is -0.506 e. The number of fused-ring (bicyclic) bond motifs is 2. The number of carbonyl (C=O) groups excluding carboxylic acids is 1. The van der Waals surface area contributed by atoms with Gasteiger partial charge < -0.3 is 24.3 Å². The maximum Gasteiger partial charge on any atom is 0.410 e. The number of benzene rings is 1. The number of nitrogens with zero attached hydrogens (tertiary/aromatic N) is 3. The Morgan fingerprint density at radius 3 is 2.72 bits per heavy atom. The molecular weight excluding hydrogens is 456 g/mol. The largest absolute Gasteiger partial charge is 0.506 e. The van der Waals surface area contributed by atoms with Crippen LogP contribution in [0.4, 0.5) is 4.79 Å². The molecule has 0 radical (unpaired) electrons. The van der Waals surface area contributed by atoms with Gasteiger partial charge in [-0.15, -0.1) is 0 Å². The lowest BCUT2D eigenvalue weighted by Crippen LogP contribution is -2.40. The monoisotopic (exact) mass is 488 g/mol. The van der Waals surface area contributed by atoms with Gasteiger partial charge >= 0.3 is 6.09 Å². The zero-order valence-electron chi connectivity index (χ0n) is 21.0. The second-order valence-corrected chi connectivity index (χ2v) is 10.7. The molecule has 36 heavy (non-hydrogen) atoms. The van der Waals surface area contributed by atoms with Gasteiger partial charge in [0, 0.05) is 35.5 Å². The fourth-order valence-electron chi connectivity index (χ4n) is 4.65. The van der Waals surface area contributed by atoms with Gasteiger partial charge in [-0.2, -0.15) is 0 Å². The zero-order valence-corrected chi connectivity index (χ0v) is 21.0. The molecule has 8 nitrogen and oxygen atoms in total. The number of hydrogen-bond acceptors (Lipinski definition) is 5. The third-order valence-electron chi connectivity index (χ3n) is 6.69. The second kappa shape index (κ2) is 9.33. The Bertz CT molecular complexity index is 1480. The van der Waals surface area contributed by atoms with Crippen LogP contribution in [0.1, 0.15) is 51.3 Å². The van der Waals surface area contributed by atoms with Crippen molar-refractivity contribution in [2.45, 2.75) is 58.7 Å². The molecule has 1 fully saturated rings. The van der Waals surface area contributed by atoms with Crippen LogP contribution >= 0.6 is 0 Å². The summed E-state index contributed by atoms with van der Waals surface area (Å²) in [6, 6.07) is 9.84. The second-order valence-electron chi connectivity index (χ2n) is 10.7. The average Bonchev–Trinajstić information content (AvgIpc) is 3.18. The first kappa shape index (κ1) is 23.9. The molecule has 2 N–H and O–H groups in total. The SMILES string of the molecule is CC(C)(C)OC(=O)N(Cc1cc2ccc(Cn3ccc4c(O)cncc4c3=O)cc2[nH]1)CC1CCC1. The van der Waals surface area contributed by atoms with E-state index in [1.54, 1.807) is 21.7 Å². The first-order chi connectivity index (χ1) is 17.2. The maximum atomic E-state index is 12.9. The number of aromatic hydroxyl groups is 1. The van der Waals surface area contributed by atoms with Gasteiger partial charge in [-0.1, -0.05) is 18.6 Å². The summed E-state index contributed by atoms with van der Waals surface area (Å²) in [5, 5.41) is 11.9. The number of aromatic amines is 1. The maximum absolute atomic E-state index is 12.9. The fraction of sp³-hybridized carbons (Fsp3) is 0.393. The summed E-state index contributed by atoms with van der Waals surface area (Å²) in [4.78, 5) is 35.0. The lowest BCUT2D eigenvalue weighted by molar-refractivity contribution is 0.0171. The average molecular weight is 489 g/mol. The fourth-order valence-corrected chi connectivity index (χ4v) is 4.65. The van der Waals surface area contributed by atoms with E-state index in [1.165, 1.54) is 18.8 Å². The van der Waals surface area contributed by atoms with Crippen LogP contribution in [0, 0.1) is 5.92 Å². The van der Waals surface area contributed by atoms with Crippen LogP contribution in [0.3, 0.4) is 0 Å². The molecule has 1 amide bonds. The Balaban J connectivity index is 1.37. The molecule has 1 aliphatic rings. The van der Waals surface area contributed by atoms with Crippen LogP contribution in [0.15, 0.2) is 53.7 Å². The molecule has 1 saturated carbocycles. The molecule has 3 heterocycles. The smallest absolute Gasteiger partial charge is 0.410 e. The van der Waals surface area contributed by atoms with E-state index < -0.39 is 5.60 Å². The Hall–Kier alpha value is -3.81. The molecule has 0 unspecified atom stereocenters. The van der Waals surface area contributed by atoms with E-state index in [1.807, 2.05) is 39.0 Å². The van der Waals surface area contributed by atoms with Crippen molar-refractivity contribution in [2.24, 2.45) is 5.92 Å². The number of carbonyl (C=O) groups is 1. The Kier molecular flexibility index (Phi) is 6.20. The van der Waals surface area contributed by atoms with Crippen molar-refractivity contribution >= 4 is 27.8 Å². The van der Waals surface area contributed by atoms with E-state index in [4.69, 9.17) is 4.74 Å². The van der Waals surface area contributed by atoms with Crippen LogP contribution in [-0.2, 0) is 17.8 Å². The molecular formula is C28H32N4O4. The Morgan fingerprint density at radius 1 is 1.19 bits per heavy atom. The highest BCUT2D eigenvalue weighted by Gasteiger charge is 2.27. The van der Waals surface area contributed by atoms with Gasteiger partial charge in [0.25, 0.3) is 5.56 Å². The van der Waals surface area contributed by atoms with E-state index in [2.05, 4.69) is 16.0 Å². The van der Waals surface area contributed by atoms with Crippen molar-refractivity contribution in [3.05, 3.63) is 70.5 Å². The highest BCUT2D eigenvalue weighted by molar-refractivity contribution is 5.86. The molecule has 188 valence electrons. The number of pyridine rings is 2. The molecule has 1 aliphatic carbocycles. The standard InChI is InChI=1S/C28H32N4O4/c1-28(2,3)36-27(35)32(15-18-5-4-6-18)17-21-12-20-8-7-19(11-24(20)30-21)16-31-10-9-22-23(26(31)34)13-29-14-25(22)33/h7-14,18,30,33H,4-6,15-17H2,1-3H3. The van der Waals surface area contributed by atoms with Gasteiger partial charge in [0.05, 0.1) is 24.7 Å². The van der Waals surface area contributed by atoms with E-state index in [9.17, 15) is 14.7 Å². The summed E-state index contributed by atoms with van der Waals surface area (Å²) in [7, 11) is 0. The van der Waals surface area contributed by atoms with E-state index in [0.29, 0.717) is 36.3 Å². The van der Waals surface area contributed by atoms with Crippen LogP contribution in [-0.4, -0.2) is 42.8 Å². The summed E-state index contributed by atoms with van der Waals surface area (Å²) < 4.78 is 7.28. The summed E-state index contributed by atoms with van der Waals surface area (Å²) >= 11 is 0. The van der Waals surface area contributed by atoms with Crippen molar-refractivity contribution in [3.8, 4) is 5.75 Å². The number of ether oxygens (including phenoxy) is 1. The lowest BCUT2D eigenvalue weighted by Gasteiger charge is -2.33. The number of H-pyrrole nitrogens is 1. The molecule has 0 atom stereocenters. The van der Waals surface area contributed by atoms with Crippen LogP contribution in [0.2, 0.25) is 0 Å². The van der Waals surface area contributed by atoms with Crippen molar-refractivity contribution in [2.75, 3.05) is 6.54 Å². The topological polar surface area (TPSA) is 100 Å². The molecule has 3 aromatic heterocycles. The molecule has 0 bridgehead atoms. The summed E-state index contributed by atoms with van der Waals surface area (Å²) in [6.07, 6.45) is 7.74. The quantitative estimate of drug-likeness (QED) is 0.390. The number of rotatable bonds is 6. The van der Waals surface area contributed by atoms with Gasteiger partial charge in [0.15, 0.2) is 0 Å². The minimum atomic E-state index is -0.542. The van der Waals surface area contributed by atoms with Crippen molar-refractivity contribution < 1.29 is 14.6 Å². The van der Waals surface area contributed by atoms with Crippen LogP contribution < -0.4 is 5.56 Å². The van der Waals surface area contributed by atoms with E-state index >= 15 is 0 Å². The molecule has 8 heteroatoms. The molecule has 1 aromatic carbocycles. The zero-order chi connectivity index (χ0) is 25.4. The van der Waals surface area contributed by atoms with Crippen molar-refractivity contribution in [1.82, 2.24) is 19.4 Å². The van der Waals surface area contributed by atoms with Crippen LogP contribution in [0.25, 0.3) is 21.7 Å². The predicted molar refractivity (Wildman–Crippen MR) is 139 cm³/mol. The Labute approximate surface area is 209 Å². The van der Waals surface area contributed by atoms with Crippen molar-refractivity contribution in [1.29, 1.82) is 0 Å². The van der Waals surface area contributed by atoms with Crippen LogP contribution in [0.5, 0.6) is 5.75 Å². The minimum absolute atomic E-state index is 0.00480. The van der Waals surface area contributed by atoms with Gasteiger partial charge in [0.1, 0.15) is 11.4 Å². The number of amides is 1. The van der Waals surface area contributed by atoms with E-state index in [0.717, 1.165) is 35.0 Å². The van der Waals surface area contributed by atoms with Gasteiger partial charge in [-0.3, -0.25) is 9.78 Å². The highest BCUT2D eigenvalue weighted by Crippen LogP contribution is 2.29. The third-order valence-corrected chi connectivity index (χ3v) is 6.69. The summed E-state index contributed by atoms with van der Waals surface area (Å²) in [5.74, 6) is 0.528. The molecule has 0 saturated heterocycles. The van der Waals surface area contributed by atoms with Gasteiger partial charge in [-0.05, 0) is 68.7 Å². The normalized spacial score (nSPS) is 14.2. The van der Waals surface area contributed by atoms with Crippen molar-refractivity contribution in [3.63, 3.8) is 0 Å². The molecule has 0 aliphatic heterocycles. The van der Waals surface area contributed by atoms with E-state index in [-0.39, 0.29) is 17.4 Å². The number of nitrogens with one attached hydrogen (secondary N) is 1.